The molecule has 1 N–H and O–H groups in total. The molecule has 1 atom stereocenters. The molecular formula is C18H16F2N2O4S. The summed E-state index contributed by atoms with van der Waals surface area (Å²) in [5.74, 6) is 0.0254. The SMILES string of the molecule is O=C1CCCC2=C1C(c1ccc([N+](=O)[O-])c(OC(F)F)c1)C1=C(CCS1)N2. The molecule has 9 heteroatoms. The Morgan fingerprint density at radius 1 is 1.26 bits per heavy atom. The van der Waals surface area contributed by atoms with Gasteiger partial charge in [0, 0.05) is 46.0 Å². The third-order valence-electron chi connectivity index (χ3n) is 4.95. The normalized spacial score (nSPS) is 21.9. The Hall–Kier alpha value is -2.42. The summed E-state index contributed by atoms with van der Waals surface area (Å²) in [5.41, 5.74) is 2.61. The lowest BCUT2D eigenvalue weighted by molar-refractivity contribution is -0.386. The first-order valence-corrected chi connectivity index (χ1v) is 9.56. The second-order valence-electron chi connectivity index (χ2n) is 6.53. The van der Waals surface area contributed by atoms with Gasteiger partial charge in [-0.3, -0.25) is 14.9 Å². The molecule has 27 heavy (non-hydrogen) atoms. The van der Waals surface area contributed by atoms with Gasteiger partial charge in [-0.1, -0.05) is 6.07 Å². The summed E-state index contributed by atoms with van der Waals surface area (Å²) in [6, 6.07) is 3.97. The van der Waals surface area contributed by atoms with E-state index < -0.39 is 28.9 Å². The monoisotopic (exact) mass is 394 g/mol. The molecular weight excluding hydrogens is 378 g/mol. The zero-order valence-electron chi connectivity index (χ0n) is 14.2. The Kier molecular flexibility index (Phi) is 4.63. The average molecular weight is 394 g/mol. The topological polar surface area (TPSA) is 81.5 Å². The molecule has 2 aliphatic heterocycles. The van der Waals surface area contributed by atoms with E-state index in [1.165, 1.54) is 18.2 Å². The Labute approximate surface area is 157 Å². The van der Waals surface area contributed by atoms with E-state index in [4.69, 9.17) is 0 Å². The molecule has 0 amide bonds. The van der Waals surface area contributed by atoms with Crippen LogP contribution in [0.5, 0.6) is 5.75 Å². The standard InChI is InChI=1S/C18H16F2N2O4S/c19-18(20)26-14-8-9(4-5-12(14)22(24)25)15-16-10(2-1-3-13(16)23)21-11-6-7-27-17(11)15/h4-5,8,15,18,21H,1-3,6-7H2. The lowest BCUT2D eigenvalue weighted by Gasteiger charge is -2.33. The number of carbonyl (C=O) groups excluding carboxylic acids is 1. The molecule has 1 aromatic rings. The molecule has 0 saturated carbocycles. The van der Waals surface area contributed by atoms with Gasteiger partial charge in [-0.2, -0.15) is 8.78 Å². The summed E-state index contributed by atoms with van der Waals surface area (Å²) >= 11 is 1.63. The van der Waals surface area contributed by atoms with Gasteiger partial charge < -0.3 is 10.1 Å². The summed E-state index contributed by atoms with van der Waals surface area (Å²) in [6.45, 7) is -3.17. The number of hydrogen-bond acceptors (Lipinski definition) is 6. The van der Waals surface area contributed by atoms with Crippen molar-refractivity contribution in [1.82, 2.24) is 5.32 Å². The van der Waals surface area contributed by atoms with Crippen molar-refractivity contribution < 1.29 is 23.2 Å². The van der Waals surface area contributed by atoms with Crippen LogP contribution in [0.15, 0.2) is 40.1 Å². The van der Waals surface area contributed by atoms with Crippen molar-refractivity contribution in [1.29, 1.82) is 0 Å². The highest BCUT2D eigenvalue weighted by Crippen LogP contribution is 2.50. The Bertz CT molecular complexity index is 897. The van der Waals surface area contributed by atoms with Gasteiger partial charge in [-0.15, -0.1) is 11.8 Å². The highest BCUT2D eigenvalue weighted by atomic mass is 32.2. The minimum absolute atomic E-state index is 0.0301. The molecule has 1 aromatic carbocycles. The van der Waals surface area contributed by atoms with Gasteiger partial charge in [-0.05, 0) is 30.9 Å². The minimum atomic E-state index is -3.17. The summed E-state index contributed by atoms with van der Waals surface area (Å²) in [6.07, 6.45) is 2.81. The fourth-order valence-electron chi connectivity index (χ4n) is 3.87. The van der Waals surface area contributed by atoms with Gasteiger partial charge >= 0.3 is 12.3 Å². The molecule has 0 saturated heterocycles. The molecule has 1 unspecified atom stereocenters. The van der Waals surface area contributed by atoms with Crippen LogP contribution in [-0.2, 0) is 4.79 Å². The lowest BCUT2D eigenvalue weighted by Crippen LogP contribution is -2.30. The van der Waals surface area contributed by atoms with Gasteiger partial charge in [0.25, 0.3) is 0 Å². The van der Waals surface area contributed by atoms with Gasteiger partial charge in [0.15, 0.2) is 5.78 Å². The van der Waals surface area contributed by atoms with Gasteiger partial charge in [0.05, 0.1) is 4.92 Å². The number of rotatable bonds is 4. The number of nitrogens with zero attached hydrogens (tertiary/aromatic N) is 1. The van der Waals surface area contributed by atoms with E-state index in [1.54, 1.807) is 11.8 Å². The van der Waals surface area contributed by atoms with Crippen LogP contribution in [0.2, 0.25) is 0 Å². The first-order valence-electron chi connectivity index (χ1n) is 8.58. The molecule has 142 valence electrons. The van der Waals surface area contributed by atoms with Gasteiger partial charge in [0.1, 0.15) is 0 Å². The summed E-state index contributed by atoms with van der Waals surface area (Å²) in [5, 5.41) is 14.5. The number of halogens is 2. The van der Waals surface area contributed by atoms with E-state index in [9.17, 15) is 23.7 Å². The number of nitro groups is 1. The second kappa shape index (κ2) is 6.95. The smallest absolute Gasteiger partial charge is 0.387 e. The number of carbonyl (C=O) groups is 1. The number of thioether (sulfide) groups is 1. The maximum absolute atomic E-state index is 12.8. The molecule has 0 bridgehead atoms. The Morgan fingerprint density at radius 3 is 2.81 bits per heavy atom. The molecule has 0 spiro atoms. The average Bonchev–Trinajstić information content (AvgIpc) is 3.07. The van der Waals surface area contributed by atoms with E-state index in [1.807, 2.05) is 0 Å². The van der Waals surface area contributed by atoms with Crippen LogP contribution in [0.25, 0.3) is 0 Å². The number of ether oxygens (including phenoxy) is 1. The molecule has 0 aromatic heterocycles. The summed E-state index contributed by atoms with van der Waals surface area (Å²) in [4.78, 5) is 24.0. The van der Waals surface area contributed by atoms with Gasteiger partial charge in [0.2, 0.25) is 5.75 Å². The molecule has 3 aliphatic rings. The number of ketones is 1. The van der Waals surface area contributed by atoms with Crippen molar-refractivity contribution in [3.05, 3.63) is 55.7 Å². The molecule has 2 heterocycles. The van der Waals surface area contributed by atoms with Crippen LogP contribution in [-0.4, -0.2) is 23.1 Å². The van der Waals surface area contributed by atoms with Crippen LogP contribution < -0.4 is 10.1 Å². The van der Waals surface area contributed by atoms with E-state index >= 15 is 0 Å². The fourth-order valence-corrected chi connectivity index (χ4v) is 5.14. The third-order valence-corrected chi connectivity index (χ3v) is 6.15. The number of benzene rings is 1. The van der Waals surface area contributed by atoms with Crippen LogP contribution >= 0.6 is 11.8 Å². The van der Waals surface area contributed by atoms with E-state index in [0.29, 0.717) is 17.6 Å². The number of alkyl halides is 2. The molecule has 0 fully saturated rings. The predicted molar refractivity (Wildman–Crippen MR) is 95.6 cm³/mol. The number of nitro benzene ring substituents is 1. The minimum Gasteiger partial charge on any atom is -0.427 e. The van der Waals surface area contributed by atoms with Crippen molar-refractivity contribution >= 4 is 23.2 Å². The summed E-state index contributed by atoms with van der Waals surface area (Å²) < 4.78 is 29.9. The number of Topliss-reactive ketones (excluding diaryl/α,β-unsaturated/α-hetero) is 1. The first kappa shape index (κ1) is 18.0. The van der Waals surface area contributed by atoms with Crippen LogP contribution in [0.4, 0.5) is 14.5 Å². The molecule has 1 aliphatic carbocycles. The zero-order chi connectivity index (χ0) is 19.1. The lowest BCUT2D eigenvalue weighted by atomic mass is 9.79. The molecule has 6 nitrogen and oxygen atoms in total. The zero-order valence-corrected chi connectivity index (χ0v) is 15.0. The van der Waals surface area contributed by atoms with Crippen molar-refractivity contribution in [2.45, 2.75) is 38.2 Å². The Balaban J connectivity index is 1.84. The van der Waals surface area contributed by atoms with E-state index in [0.717, 1.165) is 41.3 Å². The second-order valence-corrected chi connectivity index (χ2v) is 7.67. The van der Waals surface area contributed by atoms with E-state index in [-0.39, 0.29) is 5.78 Å². The Morgan fingerprint density at radius 2 is 2.07 bits per heavy atom. The van der Waals surface area contributed by atoms with Crippen LogP contribution in [0.3, 0.4) is 0 Å². The maximum atomic E-state index is 12.8. The highest BCUT2D eigenvalue weighted by molar-refractivity contribution is 8.03. The highest BCUT2D eigenvalue weighted by Gasteiger charge is 2.39. The van der Waals surface area contributed by atoms with Crippen molar-refractivity contribution in [2.75, 3.05) is 5.75 Å². The fraction of sp³-hybridized carbons (Fsp3) is 0.389. The molecule has 0 radical (unpaired) electrons. The predicted octanol–water partition coefficient (Wildman–Crippen LogP) is 4.24. The van der Waals surface area contributed by atoms with Crippen molar-refractivity contribution in [3.63, 3.8) is 0 Å². The number of nitrogens with one attached hydrogen (secondary N) is 1. The first-order chi connectivity index (χ1) is 13.0. The van der Waals surface area contributed by atoms with E-state index in [2.05, 4.69) is 10.1 Å². The quantitative estimate of drug-likeness (QED) is 0.608. The third kappa shape index (κ3) is 3.20. The summed E-state index contributed by atoms with van der Waals surface area (Å²) in [7, 11) is 0. The largest absolute Gasteiger partial charge is 0.427 e. The van der Waals surface area contributed by atoms with Crippen molar-refractivity contribution in [2.24, 2.45) is 0 Å². The molecule has 4 rings (SSSR count). The number of hydrogen-bond donors (Lipinski definition) is 1. The van der Waals surface area contributed by atoms with Crippen LogP contribution in [0.1, 0.15) is 37.2 Å². The van der Waals surface area contributed by atoms with Gasteiger partial charge in [-0.25, -0.2) is 0 Å². The van der Waals surface area contributed by atoms with Crippen molar-refractivity contribution in [3.8, 4) is 5.75 Å². The number of allylic oxidation sites excluding steroid dienone is 4. The number of dihydropyridines is 1. The maximum Gasteiger partial charge on any atom is 0.387 e. The van der Waals surface area contributed by atoms with Crippen LogP contribution in [0, 0.1) is 10.1 Å².